The molecule has 1 heterocycles. The summed E-state index contributed by atoms with van der Waals surface area (Å²) in [6.45, 7) is 2.24. The first kappa shape index (κ1) is 22.3. The molecule has 31 heavy (non-hydrogen) atoms. The summed E-state index contributed by atoms with van der Waals surface area (Å²) < 4.78 is 35.3. The number of carbonyl (C=O) groups excluding carboxylic acids is 3. The van der Waals surface area contributed by atoms with Crippen molar-refractivity contribution >= 4 is 38.8 Å². The predicted molar refractivity (Wildman–Crippen MR) is 115 cm³/mol. The number of hydrogen-bond acceptors (Lipinski definition) is 7. The van der Waals surface area contributed by atoms with E-state index in [1.807, 2.05) is 6.92 Å². The number of rotatable bonds is 8. The van der Waals surface area contributed by atoms with Gasteiger partial charge < -0.3 is 19.7 Å². The van der Waals surface area contributed by atoms with E-state index in [9.17, 15) is 22.8 Å². The quantitative estimate of drug-likeness (QED) is 0.613. The summed E-state index contributed by atoms with van der Waals surface area (Å²) in [5.74, 6) is -2.32. The van der Waals surface area contributed by atoms with Crippen molar-refractivity contribution in [2.45, 2.75) is 6.92 Å². The molecule has 1 N–H and O–H groups in total. The zero-order chi connectivity index (χ0) is 22.6. The molecule has 0 aliphatic carbocycles. The number of sulfone groups is 1. The van der Waals surface area contributed by atoms with E-state index in [1.54, 1.807) is 31.3 Å². The van der Waals surface area contributed by atoms with Crippen molar-refractivity contribution in [3.05, 3.63) is 48.0 Å². The molecular weight excluding hydrogens is 424 g/mol. The van der Waals surface area contributed by atoms with Crippen molar-refractivity contribution in [3.63, 3.8) is 0 Å². The van der Waals surface area contributed by atoms with Crippen molar-refractivity contribution < 1.29 is 32.3 Å². The fourth-order valence-corrected chi connectivity index (χ4v) is 4.12. The van der Waals surface area contributed by atoms with E-state index in [2.05, 4.69) is 5.32 Å². The van der Waals surface area contributed by atoms with Gasteiger partial charge in [0.05, 0.1) is 12.3 Å². The van der Waals surface area contributed by atoms with Crippen molar-refractivity contribution in [2.24, 2.45) is 0 Å². The van der Waals surface area contributed by atoms with E-state index in [4.69, 9.17) is 9.47 Å². The molecule has 1 aliphatic rings. The van der Waals surface area contributed by atoms with Gasteiger partial charge in [-0.1, -0.05) is 0 Å². The minimum Gasteiger partial charge on any atom is -0.494 e. The van der Waals surface area contributed by atoms with Crippen molar-refractivity contribution in [1.82, 2.24) is 0 Å². The lowest BCUT2D eigenvalue weighted by Crippen LogP contribution is -2.35. The molecule has 0 radical (unpaired) electrons. The SMILES string of the molecule is CCOc1ccc(NC(=O)CS(=O)(=O)CC(=O)c2ccc3c(c2)N(C)C(=O)CO3)cc1. The van der Waals surface area contributed by atoms with Crippen LogP contribution < -0.4 is 19.7 Å². The van der Waals surface area contributed by atoms with E-state index >= 15 is 0 Å². The Bertz CT molecular complexity index is 1110. The first-order valence-electron chi connectivity index (χ1n) is 9.48. The molecule has 0 aromatic heterocycles. The zero-order valence-electron chi connectivity index (χ0n) is 17.1. The second kappa shape index (κ2) is 9.17. The zero-order valence-corrected chi connectivity index (χ0v) is 17.9. The largest absolute Gasteiger partial charge is 0.494 e. The van der Waals surface area contributed by atoms with Crippen molar-refractivity contribution in [2.75, 3.05) is 42.0 Å². The van der Waals surface area contributed by atoms with Crippen LogP contribution in [0.15, 0.2) is 42.5 Å². The van der Waals surface area contributed by atoms with Gasteiger partial charge in [0.1, 0.15) is 23.0 Å². The van der Waals surface area contributed by atoms with E-state index in [0.29, 0.717) is 29.5 Å². The first-order valence-corrected chi connectivity index (χ1v) is 11.3. The molecule has 0 saturated heterocycles. The number of fused-ring (bicyclic) bond motifs is 1. The van der Waals surface area contributed by atoms with Crippen LogP contribution in [0, 0.1) is 0 Å². The van der Waals surface area contributed by atoms with Gasteiger partial charge in [0, 0.05) is 18.3 Å². The summed E-state index contributed by atoms with van der Waals surface area (Å²) in [5, 5.41) is 2.49. The number of anilines is 2. The third kappa shape index (κ3) is 5.60. The van der Waals surface area contributed by atoms with Gasteiger partial charge in [-0.2, -0.15) is 0 Å². The van der Waals surface area contributed by atoms with Gasteiger partial charge in [0.2, 0.25) is 5.91 Å². The third-order valence-corrected chi connectivity index (χ3v) is 5.92. The molecule has 2 amide bonds. The Kier molecular flexibility index (Phi) is 6.59. The predicted octanol–water partition coefficient (Wildman–Crippen LogP) is 1.68. The normalized spacial score (nSPS) is 13.2. The van der Waals surface area contributed by atoms with E-state index < -0.39 is 33.0 Å². The molecule has 10 heteroatoms. The number of amides is 2. The lowest BCUT2D eigenvalue weighted by molar-refractivity contribution is -0.121. The molecule has 3 rings (SSSR count). The molecule has 0 bridgehead atoms. The summed E-state index contributed by atoms with van der Waals surface area (Å²) >= 11 is 0. The van der Waals surface area contributed by atoms with Gasteiger partial charge in [-0.05, 0) is 49.4 Å². The van der Waals surface area contributed by atoms with Gasteiger partial charge in [0.25, 0.3) is 5.91 Å². The molecule has 0 unspecified atom stereocenters. The highest BCUT2D eigenvalue weighted by atomic mass is 32.2. The lowest BCUT2D eigenvalue weighted by Gasteiger charge is -2.26. The van der Waals surface area contributed by atoms with Crippen LogP contribution in [0.2, 0.25) is 0 Å². The van der Waals surface area contributed by atoms with Gasteiger partial charge in [-0.25, -0.2) is 8.42 Å². The highest BCUT2D eigenvalue weighted by Crippen LogP contribution is 2.32. The number of Topliss-reactive ketones (excluding diaryl/α,β-unsaturated/α-hetero) is 1. The van der Waals surface area contributed by atoms with Crippen LogP contribution in [-0.4, -0.2) is 57.8 Å². The fourth-order valence-electron chi connectivity index (χ4n) is 2.98. The molecule has 1 aliphatic heterocycles. The first-order chi connectivity index (χ1) is 14.7. The van der Waals surface area contributed by atoms with Crippen LogP contribution in [0.5, 0.6) is 11.5 Å². The van der Waals surface area contributed by atoms with Crippen LogP contribution >= 0.6 is 0 Å². The lowest BCUT2D eigenvalue weighted by atomic mass is 10.1. The topological polar surface area (TPSA) is 119 Å². The molecule has 2 aromatic carbocycles. The Balaban J connectivity index is 1.63. The van der Waals surface area contributed by atoms with E-state index in [-0.39, 0.29) is 18.1 Å². The minimum absolute atomic E-state index is 0.103. The highest BCUT2D eigenvalue weighted by Gasteiger charge is 2.26. The third-order valence-electron chi connectivity index (χ3n) is 4.52. The number of nitrogens with zero attached hydrogens (tertiary/aromatic N) is 1. The summed E-state index contributed by atoms with van der Waals surface area (Å²) in [6.07, 6.45) is 0. The van der Waals surface area contributed by atoms with Crippen LogP contribution in [0.1, 0.15) is 17.3 Å². The van der Waals surface area contributed by atoms with Gasteiger partial charge in [0.15, 0.2) is 22.2 Å². The Hall–Kier alpha value is -3.40. The molecule has 164 valence electrons. The second-order valence-electron chi connectivity index (χ2n) is 6.88. The second-order valence-corrected chi connectivity index (χ2v) is 8.95. The Morgan fingerprint density at radius 1 is 1.13 bits per heavy atom. The van der Waals surface area contributed by atoms with Crippen LogP contribution in [0.25, 0.3) is 0 Å². The Morgan fingerprint density at radius 2 is 1.84 bits per heavy atom. The fraction of sp³-hybridized carbons (Fsp3) is 0.286. The standard InChI is InChI=1S/C21H22N2O7S/c1-3-29-16-7-5-15(6-8-16)22-20(25)13-31(27,28)12-18(24)14-4-9-19-17(10-14)23(2)21(26)11-30-19/h4-10H,3,11-13H2,1-2H3,(H,22,25). The van der Waals surface area contributed by atoms with Crippen LogP contribution in [0.3, 0.4) is 0 Å². The summed E-state index contributed by atoms with van der Waals surface area (Å²) in [4.78, 5) is 37.7. The van der Waals surface area contributed by atoms with E-state index in [0.717, 1.165) is 0 Å². The van der Waals surface area contributed by atoms with Crippen LogP contribution in [0.4, 0.5) is 11.4 Å². The molecule has 9 nitrogen and oxygen atoms in total. The summed E-state index contributed by atoms with van der Waals surface area (Å²) in [7, 11) is -2.47. The number of ketones is 1. The number of carbonyl (C=O) groups is 3. The Labute approximate surface area is 179 Å². The maximum absolute atomic E-state index is 12.5. The smallest absolute Gasteiger partial charge is 0.264 e. The number of ether oxygens (including phenoxy) is 2. The minimum atomic E-state index is -4.01. The van der Waals surface area contributed by atoms with Crippen molar-refractivity contribution in [1.29, 1.82) is 0 Å². The van der Waals surface area contributed by atoms with Gasteiger partial charge in [-0.15, -0.1) is 0 Å². The summed E-state index contributed by atoms with van der Waals surface area (Å²) in [5.41, 5.74) is 0.907. The monoisotopic (exact) mass is 446 g/mol. The van der Waals surface area contributed by atoms with Gasteiger partial charge >= 0.3 is 0 Å². The average molecular weight is 446 g/mol. The summed E-state index contributed by atoms with van der Waals surface area (Å²) in [6, 6.07) is 10.8. The number of hydrogen-bond donors (Lipinski definition) is 1. The van der Waals surface area contributed by atoms with Gasteiger partial charge in [-0.3, -0.25) is 14.4 Å². The number of benzene rings is 2. The molecule has 0 atom stereocenters. The highest BCUT2D eigenvalue weighted by molar-refractivity contribution is 7.92. The Morgan fingerprint density at radius 3 is 2.52 bits per heavy atom. The molecule has 2 aromatic rings. The number of likely N-dealkylation sites (N-methyl/N-ethyl adjacent to an activating group) is 1. The molecule has 0 spiro atoms. The van der Waals surface area contributed by atoms with Crippen LogP contribution in [-0.2, 0) is 19.4 Å². The maximum atomic E-state index is 12.5. The molecule has 0 fully saturated rings. The average Bonchev–Trinajstić information content (AvgIpc) is 2.71. The molecule has 0 saturated carbocycles. The van der Waals surface area contributed by atoms with Crippen molar-refractivity contribution in [3.8, 4) is 11.5 Å². The maximum Gasteiger partial charge on any atom is 0.264 e. The number of nitrogens with one attached hydrogen (secondary N) is 1. The van der Waals surface area contributed by atoms with E-state index in [1.165, 1.54) is 23.1 Å². The molecular formula is C21H22N2O7S.